The first-order valence-electron chi connectivity index (χ1n) is 7.71. The molecule has 1 amide bonds. The average Bonchev–Trinajstić information content (AvgIpc) is 2.68. The molecule has 1 heterocycles. The van der Waals surface area contributed by atoms with E-state index in [1.165, 1.54) is 19.3 Å². The van der Waals surface area contributed by atoms with Crippen LogP contribution in [0.3, 0.4) is 0 Å². The van der Waals surface area contributed by atoms with E-state index >= 15 is 0 Å². The number of piperidine rings is 1. The van der Waals surface area contributed by atoms with Crippen LogP contribution >= 0.6 is 0 Å². The third kappa shape index (κ3) is 1.76. The van der Waals surface area contributed by atoms with Crippen LogP contribution in [0.2, 0.25) is 0 Å². The Hall–Kier alpha value is -0.610. The normalized spacial score (nSPS) is 55.0. The maximum Gasteiger partial charge on any atom is 0.220 e. The molecule has 19 heavy (non-hydrogen) atoms. The molecule has 3 unspecified atom stereocenters. The first-order chi connectivity index (χ1) is 8.95. The van der Waals surface area contributed by atoms with Gasteiger partial charge in [0, 0.05) is 11.5 Å². The minimum atomic E-state index is -0.308. The Morgan fingerprint density at radius 3 is 2.74 bits per heavy atom. The van der Waals surface area contributed by atoms with Crippen LogP contribution in [0.15, 0.2) is 0 Å². The fourth-order valence-electron chi connectivity index (χ4n) is 5.43. The highest BCUT2D eigenvalue weighted by Crippen LogP contribution is 2.67. The SMILES string of the molecule is NC(=O)C1CCNC2(C1)CC2CC12CCC(O)(C1)C2. The summed E-state index contributed by atoms with van der Waals surface area (Å²) in [6, 6.07) is 0. The van der Waals surface area contributed by atoms with E-state index in [-0.39, 0.29) is 23.0 Å². The molecule has 1 aliphatic heterocycles. The van der Waals surface area contributed by atoms with Crippen LogP contribution in [0.5, 0.6) is 0 Å². The van der Waals surface area contributed by atoms with Crippen LogP contribution in [0.1, 0.15) is 51.4 Å². The summed E-state index contributed by atoms with van der Waals surface area (Å²) in [4.78, 5) is 11.4. The smallest absolute Gasteiger partial charge is 0.220 e. The van der Waals surface area contributed by atoms with Gasteiger partial charge in [0.05, 0.1) is 5.60 Å². The summed E-state index contributed by atoms with van der Waals surface area (Å²) in [5, 5.41) is 13.8. The molecule has 4 nitrogen and oxygen atoms in total. The van der Waals surface area contributed by atoms with E-state index in [0.717, 1.165) is 38.6 Å². The molecule has 4 heteroatoms. The summed E-state index contributed by atoms with van der Waals surface area (Å²) >= 11 is 0. The van der Waals surface area contributed by atoms with E-state index < -0.39 is 0 Å². The number of nitrogens with two attached hydrogens (primary N) is 1. The second kappa shape index (κ2) is 3.53. The Bertz CT molecular complexity index is 430. The summed E-state index contributed by atoms with van der Waals surface area (Å²) < 4.78 is 0. The van der Waals surface area contributed by atoms with Crippen molar-refractivity contribution >= 4 is 5.91 Å². The van der Waals surface area contributed by atoms with Crippen LogP contribution < -0.4 is 11.1 Å². The van der Waals surface area contributed by atoms with Crippen molar-refractivity contribution in [1.29, 1.82) is 0 Å². The van der Waals surface area contributed by atoms with Crippen molar-refractivity contribution in [2.45, 2.75) is 62.5 Å². The number of rotatable bonds is 3. The molecule has 0 radical (unpaired) electrons. The minimum Gasteiger partial charge on any atom is -0.390 e. The Morgan fingerprint density at radius 1 is 1.32 bits per heavy atom. The Morgan fingerprint density at radius 2 is 2.11 bits per heavy atom. The molecule has 1 spiro atoms. The number of hydrogen-bond acceptors (Lipinski definition) is 3. The Kier molecular flexibility index (Phi) is 2.26. The highest BCUT2D eigenvalue weighted by atomic mass is 16.3. The van der Waals surface area contributed by atoms with Gasteiger partial charge in [-0.15, -0.1) is 0 Å². The van der Waals surface area contributed by atoms with Crippen molar-refractivity contribution in [2.24, 2.45) is 23.0 Å². The molecule has 4 aliphatic carbocycles. The van der Waals surface area contributed by atoms with Crippen molar-refractivity contribution in [3.05, 3.63) is 0 Å². The number of primary amides is 1. The molecule has 2 bridgehead atoms. The van der Waals surface area contributed by atoms with Gasteiger partial charge in [-0.1, -0.05) is 0 Å². The van der Waals surface area contributed by atoms with Crippen LogP contribution in [0.25, 0.3) is 0 Å². The maximum atomic E-state index is 11.4. The highest BCUT2D eigenvalue weighted by molar-refractivity contribution is 5.77. The predicted octanol–water partition coefficient (Wildman–Crippen LogP) is 0.925. The quantitative estimate of drug-likeness (QED) is 0.709. The molecule has 4 saturated carbocycles. The second-order valence-electron chi connectivity index (χ2n) is 7.86. The van der Waals surface area contributed by atoms with E-state index in [9.17, 15) is 9.90 Å². The third-order valence-electron chi connectivity index (χ3n) is 6.42. The fourth-order valence-corrected chi connectivity index (χ4v) is 5.43. The number of carbonyl (C=O) groups is 1. The molecule has 3 atom stereocenters. The molecular weight excluding hydrogens is 240 g/mol. The van der Waals surface area contributed by atoms with Crippen LogP contribution in [-0.2, 0) is 4.79 Å². The van der Waals surface area contributed by atoms with E-state index in [0.29, 0.717) is 11.3 Å². The first-order valence-corrected chi connectivity index (χ1v) is 7.71. The van der Waals surface area contributed by atoms with Crippen molar-refractivity contribution in [3.8, 4) is 0 Å². The number of nitrogens with one attached hydrogen (secondary N) is 1. The van der Waals surface area contributed by atoms with E-state index in [2.05, 4.69) is 5.32 Å². The summed E-state index contributed by atoms with van der Waals surface area (Å²) in [6.07, 6.45) is 8.53. The largest absolute Gasteiger partial charge is 0.390 e. The number of carbonyl (C=O) groups excluding carboxylic acids is 1. The first kappa shape index (κ1) is 12.2. The Balaban J connectivity index is 1.39. The molecule has 4 N–H and O–H groups in total. The number of fused-ring (bicyclic) bond motifs is 1. The topological polar surface area (TPSA) is 75.4 Å². The summed E-state index contributed by atoms with van der Waals surface area (Å²) in [6.45, 7) is 0.932. The second-order valence-corrected chi connectivity index (χ2v) is 7.86. The van der Waals surface area contributed by atoms with Crippen molar-refractivity contribution in [3.63, 3.8) is 0 Å². The third-order valence-corrected chi connectivity index (χ3v) is 6.42. The molecule has 1 saturated heterocycles. The average molecular weight is 264 g/mol. The summed E-state index contributed by atoms with van der Waals surface area (Å²) in [5.74, 6) is 0.659. The van der Waals surface area contributed by atoms with Gasteiger partial charge in [-0.05, 0) is 69.2 Å². The predicted molar refractivity (Wildman–Crippen MR) is 71.2 cm³/mol. The van der Waals surface area contributed by atoms with Crippen LogP contribution in [0, 0.1) is 17.3 Å². The van der Waals surface area contributed by atoms with Crippen molar-refractivity contribution in [1.82, 2.24) is 5.32 Å². The van der Waals surface area contributed by atoms with Gasteiger partial charge in [0.25, 0.3) is 0 Å². The monoisotopic (exact) mass is 264 g/mol. The summed E-state index contributed by atoms with van der Waals surface area (Å²) in [7, 11) is 0. The highest BCUT2D eigenvalue weighted by Gasteiger charge is 2.65. The number of amides is 1. The molecule has 106 valence electrons. The van der Waals surface area contributed by atoms with Crippen molar-refractivity contribution < 1.29 is 9.90 Å². The molecular formula is C15H24N2O2. The summed E-state index contributed by atoms with van der Waals surface area (Å²) in [5.41, 5.74) is 5.81. The lowest BCUT2D eigenvalue weighted by atomic mass is 9.64. The van der Waals surface area contributed by atoms with Gasteiger partial charge >= 0.3 is 0 Å². The Labute approximate surface area is 114 Å². The van der Waals surface area contributed by atoms with Gasteiger partial charge in [-0.25, -0.2) is 0 Å². The molecule has 0 aromatic rings. The zero-order valence-electron chi connectivity index (χ0n) is 11.5. The van der Waals surface area contributed by atoms with Gasteiger partial charge in [0.1, 0.15) is 0 Å². The lowest BCUT2D eigenvalue weighted by molar-refractivity contribution is -0.123. The van der Waals surface area contributed by atoms with E-state index in [1.54, 1.807) is 0 Å². The van der Waals surface area contributed by atoms with E-state index in [1.807, 2.05) is 0 Å². The molecule has 5 fully saturated rings. The zero-order valence-corrected chi connectivity index (χ0v) is 11.5. The van der Waals surface area contributed by atoms with Gasteiger partial charge < -0.3 is 16.2 Å². The molecule has 5 rings (SSSR count). The van der Waals surface area contributed by atoms with Gasteiger partial charge in [-0.2, -0.15) is 0 Å². The van der Waals surface area contributed by atoms with Gasteiger partial charge in [0.15, 0.2) is 0 Å². The zero-order chi connectivity index (χ0) is 13.3. The number of aliphatic hydroxyl groups is 1. The molecule has 0 aromatic heterocycles. The van der Waals surface area contributed by atoms with Crippen LogP contribution in [-0.4, -0.2) is 28.7 Å². The lowest BCUT2D eigenvalue weighted by Gasteiger charge is -2.45. The van der Waals surface area contributed by atoms with Gasteiger partial charge in [0.2, 0.25) is 5.91 Å². The minimum absolute atomic E-state index is 0.0747. The lowest BCUT2D eigenvalue weighted by Crippen LogP contribution is -2.47. The molecule has 5 aliphatic rings. The van der Waals surface area contributed by atoms with Crippen LogP contribution in [0.4, 0.5) is 0 Å². The number of hydrogen-bond donors (Lipinski definition) is 3. The standard InChI is InChI=1S/C15H24N2O2/c16-12(18)10-1-4-17-15(5-10)7-11(15)6-13-2-3-14(19,8-13)9-13/h10-11,17,19H,1-9H2,(H2,16,18). The van der Waals surface area contributed by atoms with Gasteiger partial charge in [-0.3, -0.25) is 4.79 Å². The fraction of sp³-hybridized carbons (Fsp3) is 0.933. The van der Waals surface area contributed by atoms with Crippen molar-refractivity contribution in [2.75, 3.05) is 6.54 Å². The maximum absolute atomic E-state index is 11.4. The van der Waals surface area contributed by atoms with E-state index in [4.69, 9.17) is 5.73 Å². The molecule has 0 aromatic carbocycles.